The maximum Gasteiger partial charge on any atom is 0.339 e. The number of halogens is 3. The topological polar surface area (TPSA) is 313 Å². The molecule has 5 aliphatic heterocycles. The van der Waals surface area contributed by atoms with Crippen molar-refractivity contribution < 1.29 is 99.7 Å². The van der Waals surface area contributed by atoms with Crippen LogP contribution >= 0.6 is 0 Å². The van der Waals surface area contributed by atoms with Gasteiger partial charge < -0.3 is 72.2 Å². The molecule has 0 radical (unpaired) electrons. The number of aliphatic hydroxyl groups excluding tert-OH is 1. The number of carboxylic acid groups (broad SMARTS) is 1. The molecular weight excluding hydrogens is 1840 g/mol. The number of fused-ring (bicyclic) bond motifs is 18. The van der Waals surface area contributed by atoms with Gasteiger partial charge in [-0.25, -0.2) is 56.1 Å². The van der Waals surface area contributed by atoms with Crippen LogP contribution in [0.1, 0.15) is 207 Å². The number of carbonyl (C=O) groups excluding carboxylic acids is 2. The number of aromatic nitrogens is 9. The Labute approximate surface area is 832 Å². The number of aliphatic hydroxyl groups is 1. The van der Waals surface area contributed by atoms with Crippen LogP contribution in [0.3, 0.4) is 0 Å². The Kier molecular flexibility index (Phi) is 29.0. The fraction of sp³-hybridized carbons (Fsp3) is 0.342. The van der Waals surface area contributed by atoms with Gasteiger partial charge in [0, 0.05) is 169 Å². The molecule has 0 spiro atoms. The summed E-state index contributed by atoms with van der Waals surface area (Å²) in [6, 6.07) is 59.3. The van der Waals surface area contributed by atoms with E-state index in [1.165, 1.54) is 50.6 Å². The molecule has 30 heteroatoms. The van der Waals surface area contributed by atoms with Gasteiger partial charge in [0.15, 0.2) is 35.3 Å². The Morgan fingerprint density at radius 3 is 1.08 bits per heavy atom. The lowest BCUT2D eigenvalue weighted by molar-refractivity contribution is -0.164. The Morgan fingerprint density at radius 2 is 0.701 bits per heavy atom. The molecule has 0 amide bonds. The van der Waals surface area contributed by atoms with Crippen molar-refractivity contribution >= 4 is 34.8 Å². The van der Waals surface area contributed by atoms with Gasteiger partial charge in [-0.3, -0.25) is 0 Å². The van der Waals surface area contributed by atoms with Crippen LogP contribution in [0.5, 0.6) is 34.5 Å². The Bertz CT molecular complexity index is 7380. The summed E-state index contributed by atoms with van der Waals surface area (Å²) >= 11 is 0. The van der Waals surface area contributed by atoms with Crippen LogP contribution in [0, 0.1) is 38.2 Å². The van der Waals surface area contributed by atoms with Crippen molar-refractivity contribution in [3.63, 3.8) is 0 Å². The smallest absolute Gasteiger partial charge is 0.339 e. The molecule has 6 atom stereocenters. The number of methoxy groups -OCH3 is 2. The lowest BCUT2D eigenvalue weighted by Crippen LogP contribution is -2.30. The molecule has 12 bridgehead atoms. The van der Waals surface area contributed by atoms with Crippen molar-refractivity contribution in [3.8, 4) is 135 Å². The van der Waals surface area contributed by atoms with Crippen molar-refractivity contribution in [3.05, 3.63) is 268 Å². The second kappa shape index (κ2) is 41.9. The highest BCUT2D eigenvalue weighted by Crippen LogP contribution is 2.49. The van der Waals surface area contributed by atoms with Gasteiger partial charge in [0.1, 0.15) is 51.9 Å². The highest BCUT2D eigenvalue weighted by molar-refractivity contribution is 5.87. The van der Waals surface area contributed by atoms with Gasteiger partial charge in [0.2, 0.25) is 0 Å². The second-order valence-electron chi connectivity index (χ2n) is 39.4. The summed E-state index contributed by atoms with van der Waals surface area (Å²) < 4.78 is 120. The summed E-state index contributed by atoms with van der Waals surface area (Å²) in [6.45, 7) is 25.8. The van der Waals surface area contributed by atoms with Crippen molar-refractivity contribution in [1.29, 1.82) is 0 Å². The van der Waals surface area contributed by atoms with Crippen LogP contribution in [0.15, 0.2) is 200 Å². The number of rotatable bonds is 12. The number of hydrogen-bond acceptors (Lipinski definition) is 23. The quantitative estimate of drug-likeness (QED) is 0.0957. The Hall–Kier alpha value is -14.4. The molecule has 9 aromatic carbocycles. The van der Waals surface area contributed by atoms with E-state index >= 15 is 0 Å². The third kappa shape index (κ3) is 21.8. The molecule has 27 nitrogen and oxygen atoms in total. The SMILES string of the molecule is COC(=O)[C@@H](OC(C)(C)C)c1c(C)nc2cc(-c3cccc(-c4ccc(F)cc4O)c3)nn2c1-c1ccc2c(c1)C(O)CCO2.COC(=O)[C@@H](OC(C)(C)C)c1c(C)nc2cc3nn2c1-c1ccc2c(c1)C(CCO2)OCCCCCOc1cc(F)ccc1-c1cccc-3c1.Cc1nc2cc3nn2c(c1[C@H](OC(C)(C)C)C(=O)O)-c1ccc2c(c1)C(CCO2)OCCCCCOc1cc(F)ccc1-c1cccc-3c1. The zero-order valence-electron chi connectivity index (χ0n) is 83.0. The fourth-order valence-electron chi connectivity index (χ4n) is 19.0. The summed E-state index contributed by atoms with van der Waals surface area (Å²) in [5.74, 6) is -0.585. The molecule has 6 aromatic heterocycles. The number of aromatic hydroxyl groups is 1. The molecule has 3 N–H and O–H groups in total. The molecule has 0 aliphatic carbocycles. The van der Waals surface area contributed by atoms with Gasteiger partial charge in [-0.15, -0.1) is 0 Å². The summed E-state index contributed by atoms with van der Waals surface area (Å²) in [4.78, 5) is 54.3. The number of ether oxygens (including phenoxy) is 12. The minimum atomic E-state index is -1.32. The number of phenols is 1. The maximum absolute atomic E-state index is 14.4. The lowest BCUT2D eigenvalue weighted by Gasteiger charge is -2.29. The monoisotopic (exact) mass is 1960 g/mol. The van der Waals surface area contributed by atoms with E-state index in [2.05, 4.69) is 6.07 Å². The van der Waals surface area contributed by atoms with Gasteiger partial charge in [0.05, 0.1) is 117 Å². The molecule has 3 unspecified atom stereocenters. The van der Waals surface area contributed by atoms with Crippen LogP contribution in [-0.2, 0) is 47.5 Å². The van der Waals surface area contributed by atoms with Gasteiger partial charge in [-0.1, -0.05) is 54.6 Å². The Balaban J connectivity index is 0.000000142. The number of hydrogen-bond donors (Lipinski definition) is 3. The summed E-state index contributed by atoms with van der Waals surface area (Å²) in [5, 5.41) is 46.9. The van der Waals surface area contributed by atoms with Gasteiger partial charge in [-0.05, 0) is 247 Å². The van der Waals surface area contributed by atoms with E-state index in [0.717, 1.165) is 117 Å². The van der Waals surface area contributed by atoms with Gasteiger partial charge >= 0.3 is 17.9 Å². The van der Waals surface area contributed by atoms with Crippen molar-refractivity contribution in [2.45, 2.75) is 194 Å². The van der Waals surface area contributed by atoms with E-state index in [1.807, 2.05) is 210 Å². The van der Waals surface area contributed by atoms with Crippen molar-refractivity contribution in [1.82, 2.24) is 43.8 Å². The van der Waals surface area contributed by atoms with E-state index in [1.54, 1.807) is 38.7 Å². The average molecular weight is 1960 g/mol. The number of benzene rings is 9. The number of esters is 2. The fourth-order valence-corrected chi connectivity index (χ4v) is 19.0. The Morgan fingerprint density at radius 1 is 0.368 bits per heavy atom. The first kappa shape index (κ1) is 99.7. The molecule has 0 saturated heterocycles. The predicted molar refractivity (Wildman–Crippen MR) is 537 cm³/mol. The highest BCUT2D eigenvalue weighted by Gasteiger charge is 2.40. The summed E-state index contributed by atoms with van der Waals surface area (Å²) in [5.41, 5.74) is 17.9. The van der Waals surface area contributed by atoms with Crippen LogP contribution in [0.2, 0.25) is 0 Å². The van der Waals surface area contributed by atoms with E-state index in [-0.39, 0.29) is 29.6 Å². The van der Waals surface area contributed by atoms with Crippen LogP contribution < -0.4 is 23.7 Å². The van der Waals surface area contributed by atoms with E-state index in [0.29, 0.717) is 190 Å². The average Bonchev–Trinajstić information content (AvgIpc) is 1.54. The third-order valence-electron chi connectivity index (χ3n) is 25.6. The molecule has 5 aliphatic rings. The standard InChI is InChI=1S/C40H42FN3O6.C39H40FN3O6.C35H34FN3O6/c1-24-36(38(39(45)46-5)50-40(2,3)4)37-27-12-15-32-30(21-27)33(16-19-49-32)47-17-7-6-8-18-48-34-22-28(41)13-14-29(34)25-10-9-11-26(20-25)31-23-35(42-24)44(37)43-31;1-23-35(37(38(44)45)49-39(2,3)4)36-26-11-14-31-29(20-26)32(15-18-48-31)46-16-6-5-7-17-47-33-21-27(40)12-13-28(33)24-9-8-10-25(19-24)30-22-34(41-23)43(36)42-30;1-19-31(33(34(42)43-5)45-35(2,3)4)32(22-9-12-29-25(16-22)27(40)13-14-44-29)39-30(37-19)18-26(38-39)21-8-6-7-20(15-21)24-11-10-23(36)17-28(24)41/h9-15,20-23,33,38H,6-8,16-19H2,1-5H3;8-14,19-22,32,37H,5-7,15-18H2,1-4H3,(H,44,45);6-12,15-18,27,33,40-41H,13-14H2,1-5H3/t33?,38-;32?,37-;27?,33-/m000/s1. The number of carboxylic acids is 1. The molecule has 144 heavy (non-hydrogen) atoms. The van der Waals surface area contributed by atoms with Gasteiger partial charge in [0.25, 0.3) is 0 Å². The first-order valence-electron chi connectivity index (χ1n) is 48.6. The van der Waals surface area contributed by atoms with Crippen LogP contribution in [0.25, 0.3) is 118 Å². The number of phenolic OH excluding ortho intramolecular Hbond substituents is 1. The summed E-state index contributed by atoms with van der Waals surface area (Å²) in [6.07, 6.45) is 2.33. The minimum absolute atomic E-state index is 0.169. The highest BCUT2D eigenvalue weighted by atomic mass is 19.1. The molecule has 0 saturated carbocycles. The number of aryl methyl sites for hydroxylation is 3. The van der Waals surface area contributed by atoms with Crippen molar-refractivity contribution in [2.75, 3.05) is 60.5 Å². The number of aliphatic carboxylic acids is 1. The molecule has 0 fully saturated rings. The molecular formula is C114H116F3N9O18. The third-order valence-corrected chi connectivity index (χ3v) is 25.6. The lowest BCUT2D eigenvalue weighted by atomic mass is 9.94. The van der Waals surface area contributed by atoms with Gasteiger partial charge in [-0.2, -0.15) is 15.3 Å². The normalized spacial score (nSPS) is 16.5. The predicted octanol–water partition coefficient (Wildman–Crippen LogP) is 23.9. The van der Waals surface area contributed by atoms with Crippen LogP contribution in [-0.4, -0.2) is 154 Å². The molecule has 11 heterocycles. The first-order valence-corrected chi connectivity index (χ1v) is 48.6. The second-order valence-corrected chi connectivity index (χ2v) is 39.4. The maximum atomic E-state index is 14.4. The molecule has 746 valence electrons. The van der Waals surface area contributed by atoms with Crippen molar-refractivity contribution in [2.24, 2.45) is 0 Å². The van der Waals surface area contributed by atoms with E-state index < -0.39 is 64.9 Å². The van der Waals surface area contributed by atoms with Crippen LogP contribution in [0.4, 0.5) is 13.2 Å². The minimum Gasteiger partial charge on any atom is -0.507 e. The summed E-state index contributed by atoms with van der Waals surface area (Å²) in [7, 11) is 2.67. The zero-order valence-corrected chi connectivity index (χ0v) is 83.0. The molecule has 15 aromatic rings. The molecule has 20 rings (SSSR count). The number of nitrogens with zero attached hydrogens (tertiary/aromatic N) is 9. The number of carbonyl (C=O) groups is 3. The van der Waals surface area contributed by atoms with E-state index in [4.69, 9.17) is 87.1 Å². The first-order chi connectivity index (χ1) is 69.1. The largest absolute Gasteiger partial charge is 0.507 e. The van der Waals surface area contributed by atoms with E-state index in [9.17, 15) is 42.9 Å². The zero-order chi connectivity index (χ0) is 101.